The minimum Gasteiger partial charge on any atom is -0.385 e. The van der Waals surface area contributed by atoms with Gasteiger partial charge in [0.15, 0.2) is 5.96 Å². The van der Waals surface area contributed by atoms with E-state index >= 15 is 0 Å². The number of likely N-dealkylation sites (tertiary alicyclic amines) is 1. The van der Waals surface area contributed by atoms with Crippen molar-refractivity contribution in [1.82, 2.24) is 20.4 Å². The molecule has 1 aliphatic heterocycles. The molecule has 7 heteroatoms. The lowest BCUT2D eigenvalue weighted by Crippen LogP contribution is -2.47. The van der Waals surface area contributed by atoms with Crippen molar-refractivity contribution in [3.05, 3.63) is 0 Å². The molecule has 1 heterocycles. The van der Waals surface area contributed by atoms with Gasteiger partial charge < -0.3 is 25.2 Å². The summed E-state index contributed by atoms with van der Waals surface area (Å²) in [6.07, 6.45) is 3.70. The maximum atomic E-state index is 5.09. The van der Waals surface area contributed by atoms with Gasteiger partial charge in [-0.25, -0.2) is 0 Å². The summed E-state index contributed by atoms with van der Waals surface area (Å²) in [7, 11) is 5.75. The Balaban J connectivity index is 0.00000576. The smallest absolute Gasteiger partial charge is 0.191 e. The van der Waals surface area contributed by atoms with E-state index in [0.717, 1.165) is 51.1 Å². The van der Waals surface area contributed by atoms with E-state index in [2.05, 4.69) is 46.3 Å². The van der Waals surface area contributed by atoms with Crippen LogP contribution in [0.4, 0.5) is 0 Å². The molecule has 6 nitrogen and oxygen atoms in total. The van der Waals surface area contributed by atoms with Gasteiger partial charge in [-0.2, -0.15) is 0 Å². The number of rotatable bonds is 10. The number of hydrogen-bond donors (Lipinski definition) is 2. The Morgan fingerprint density at radius 1 is 1.32 bits per heavy atom. The maximum Gasteiger partial charge on any atom is 0.191 e. The molecule has 1 unspecified atom stereocenters. The molecule has 0 spiro atoms. The van der Waals surface area contributed by atoms with Crippen LogP contribution < -0.4 is 10.6 Å². The van der Waals surface area contributed by atoms with Crippen LogP contribution in [0.1, 0.15) is 33.1 Å². The zero-order valence-corrected chi connectivity index (χ0v) is 19.2. The second kappa shape index (κ2) is 15.0. The highest BCUT2D eigenvalue weighted by atomic mass is 127. The van der Waals surface area contributed by atoms with Gasteiger partial charge in [0.25, 0.3) is 0 Å². The minimum atomic E-state index is 0. The van der Waals surface area contributed by atoms with Gasteiger partial charge in [-0.1, -0.05) is 0 Å². The Hall–Kier alpha value is -0.120. The zero-order chi connectivity index (χ0) is 17.8. The predicted octanol–water partition coefficient (Wildman–Crippen LogP) is 1.86. The van der Waals surface area contributed by atoms with Gasteiger partial charge in [-0.15, -0.1) is 24.0 Å². The fourth-order valence-electron chi connectivity index (χ4n) is 3.15. The summed E-state index contributed by atoms with van der Waals surface area (Å²) in [5, 5.41) is 6.92. The summed E-state index contributed by atoms with van der Waals surface area (Å²) >= 11 is 0. The molecule has 150 valence electrons. The topological polar surface area (TPSA) is 52.1 Å². The number of likely N-dealkylation sites (N-methyl/N-ethyl adjacent to an activating group) is 1. The fraction of sp³-hybridized carbons (Fsp3) is 0.944. The van der Waals surface area contributed by atoms with Crippen LogP contribution in [0.2, 0.25) is 0 Å². The Morgan fingerprint density at radius 2 is 2.08 bits per heavy atom. The first-order valence-corrected chi connectivity index (χ1v) is 9.42. The van der Waals surface area contributed by atoms with E-state index in [-0.39, 0.29) is 24.0 Å². The molecule has 1 fully saturated rings. The van der Waals surface area contributed by atoms with Crippen molar-refractivity contribution < 1.29 is 4.74 Å². The molecule has 0 radical (unpaired) electrons. The highest BCUT2D eigenvalue weighted by molar-refractivity contribution is 14.0. The molecular formula is C18H40IN5O. The average molecular weight is 469 g/mol. The maximum absolute atomic E-state index is 5.09. The number of methoxy groups -OCH3 is 1. The summed E-state index contributed by atoms with van der Waals surface area (Å²) in [6, 6.07) is 0.652. The summed E-state index contributed by atoms with van der Waals surface area (Å²) in [5.74, 6) is 1.64. The van der Waals surface area contributed by atoms with E-state index in [1.54, 1.807) is 7.11 Å². The fourth-order valence-corrected chi connectivity index (χ4v) is 3.15. The normalized spacial score (nSPS) is 19.2. The molecule has 0 aromatic rings. The van der Waals surface area contributed by atoms with Crippen molar-refractivity contribution in [2.24, 2.45) is 10.9 Å². The standard InChI is InChI=1S/C18H39N5O.HI/c1-16(2)23-11-6-8-17(15-23)14-21-18(19-3)20-9-12-22(4)10-7-13-24-5;/h16-17H,6-15H2,1-5H3,(H2,19,20,21);1H. The Kier molecular flexibility index (Phi) is 14.9. The summed E-state index contributed by atoms with van der Waals surface area (Å²) in [6.45, 7) is 11.8. The number of nitrogens with zero attached hydrogens (tertiary/aromatic N) is 3. The van der Waals surface area contributed by atoms with Gasteiger partial charge in [-0.05, 0) is 52.6 Å². The lowest BCUT2D eigenvalue weighted by atomic mass is 9.97. The predicted molar refractivity (Wildman–Crippen MR) is 118 cm³/mol. The molecule has 1 atom stereocenters. The van der Waals surface area contributed by atoms with Crippen molar-refractivity contribution in [3.8, 4) is 0 Å². The lowest BCUT2D eigenvalue weighted by Gasteiger charge is -2.35. The van der Waals surface area contributed by atoms with Gasteiger partial charge >= 0.3 is 0 Å². The number of ether oxygens (including phenoxy) is 1. The summed E-state index contributed by atoms with van der Waals surface area (Å²) in [5.41, 5.74) is 0. The number of hydrogen-bond acceptors (Lipinski definition) is 4. The van der Waals surface area contributed by atoms with Crippen molar-refractivity contribution in [2.45, 2.75) is 39.2 Å². The van der Waals surface area contributed by atoms with Gasteiger partial charge in [0, 0.05) is 59.5 Å². The average Bonchev–Trinajstić information content (AvgIpc) is 2.58. The number of nitrogens with one attached hydrogen (secondary N) is 2. The van der Waals surface area contributed by atoms with Crippen LogP contribution in [0.3, 0.4) is 0 Å². The number of aliphatic imine (C=N–C) groups is 1. The van der Waals surface area contributed by atoms with E-state index in [1.165, 1.54) is 25.9 Å². The molecule has 1 aliphatic rings. The third-order valence-corrected chi connectivity index (χ3v) is 4.74. The van der Waals surface area contributed by atoms with Gasteiger partial charge in [0.05, 0.1) is 0 Å². The molecule has 0 aromatic carbocycles. The Labute approximate surface area is 172 Å². The van der Waals surface area contributed by atoms with Crippen molar-refractivity contribution >= 4 is 29.9 Å². The van der Waals surface area contributed by atoms with Crippen LogP contribution in [-0.2, 0) is 4.74 Å². The van der Waals surface area contributed by atoms with Gasteiger partial charge in [-0.3, -0.25) is 4.99 Å². The molecule has 1 rings (SSSR count). The van der Waals surface area contributed by atoms with Crippen molar-refractivity contribution in [2.75, 3.05) is 67.1 Å². The minimum absolute atomic E-state index is 0. The van der Waals surface area contributed by atoms with Crippen LogP contribution >= 0.6 is 24.0 Å². The van der Waals surface area contributed by atoms with Crippen molar-refractivity contribution in [3.63, 3.8) is 0 Å². The van der Waals surface area contributed by atoms with E-state index in [4.69, 9.17) is 4.74 Å². The molecule has 0 saturated carbocycles. The first-order valence-electron chi connectivity index (χ1n) is 9.42. The van der Waals surface area contributed by atoms with Crippen LogP contribution in [0.15, 0.2) is 4.99 Å². The third kappa shape index (κ3) is 11.2. The van der Waals surface area contributed by atoms with E-state index in [0.29, 0.717) is 6.04 Å². The molecule has 0 bridgehead atoms. The Bertz CT molecular complexity index is 354. The SMILES string of the molecule is CN=C(NCCN(C)CCCOC)NCC1CCCN(C(C)C)C1.I. The van der Waals surface area contributed by atoms with E-state index in [1.807, 2.05) is 7.05 Å². The Morgan fingerprint density at radius 3 is 2.72 bits per heavy atom. The monoisotopic (exact) mass is 469 g/mol. The van der Waals surface area contributed by atoms with E-state index < -0.39 is 0 Å². The number of piperidine rings is 1. The van der Waals surface area contributed by atoms with E-state index in [9.17, 15) is 0 Å². The number of halogens is 1. The van der Waals surface area contributed by atoms with Crippen molar-refractivity contribution in [1.29, 1.82) is 0 Å². The second-order valence-corrected chi connectivity index (χ2v) is 7.13. The largest absolute Gasteiger partial charge is 0.385 e. The molecule has 1 saturated heterocycles. The highest BCUT2D eigenvalue weighted by Gasteiger charge is 2.21. The molecule has 0 amide bonds. The van der Waals surface area contributed by atoms with Crippen LogP contribution in [-0.4, -0.2) is 88.9 Å². The van der Waals surface area contributed by atoms with Crippen LogP contribution in [0.5, 0.6) is 0 Å². The molecule has 25 heavy (non-hydrogen) atoms. The van der Waals surface area contributed by atoms with Gasteiger partial charge in [0.2, 0.25) is 0 Å². The zero-order valence-electron chi connectivity index (χ0n) is 16.9. The van der Waals surface area contributed by atoms with Gasteiger partial charge in [0.1, 0.15) is 0 Å². The highest BCUT2D eigenvalue weighted by Crippen LogP contribution is 2.17. The lowest BCUT2D eigenvalue weighted by molar-refractivity contribution is 0.141. The third-order valence-electron chi connectivity index (χ3n) is 4.74. The molecular weight excluding hydrogens is 429 g/mol. The first-order chi connectivity index (χ1) is 11.6. The summed E-state index contributed by atoms with van der Waals surface area (Å²) < 4.78 is 5.09. The van der Waals surface area contributed by atoms with Crippen LogP contribution in [0.25, 0.3) is 0 Å². The quantitative estimate of drug-likeness (QED) is 0.222. The number of guanidine groups is 1. The first kappa shape index (κ1) is 24.9. The molecule has 0 aromatic heterocycles. The molecule has 0 aliphatic carbocycles. The van der Waals surface area contributed by atoms with Crippen LogP contribution in [0, 0.1) is 5.92 Å². The molecule has 2 N–H and O–H groups in total. The second-order valence-electron chi connectivity index (χ2n) is 7.13. The summed E-state index contributed by atoms with van der Waals surface area (Å²) in [4.78, 5) is 9.25.